The molecule has 0 N–H and O–H groups in total. The van der Waals surface area contributed by atoms with Gasteiger partial charge in [0.05, 0.1) is 6.61 Å². The van der Waals surface area contributed by atoms with Gasteiger partial charge >= 0.3 is 12.1 Å². The van der Waals surface area contributed by atoms with Crippen LogP contribution < -0.4 is 0 Å². The number of likely N-dealkylation sites (tertiary alicyclic amines) is 1. The second-order valence-electron chi connectivity index (χ2n) is 7.12. The predicted molar refractivity (Wildman–Crippen MR) is 96.7 cm³/mol. The number of amides is 1. The summed E-state index contributed by atoms with van der Waals surface area (Å²) >= 11 is 0. The molecule has 0 radical (unpaired) electrons. The molecule has 2 unspecified atom stereocenters. The molecule has 7 nitrogen and oxygen atoms in total. The molecule has 1 aromatic rings. The van der Waals surface area contributed by atoms with Crippen LogP contribution in [0.5, 0.6) is 0 Å². The third kappa shape index (κ3) is 5.64. The summed E-state index contributed by atoms with van der Waals surface area (Å²) in [4.78, 5) is 50.3. The van der Waals surface area contributed by atoms with E-state index in [2.05, 4.69) is 0 Å². The second kappa shape index (κ2) is 9.30. The Hall–Kier alpha value is -2.70. The van der Waals surface area contributed by atoms with E-state index in [1.807, 2.05) is 19.9 Å². The van der Waals surface area contributed by atoms with Gasteiger partial charge in [0.25, 0.3) is 5.78 Å². The van der Waals surface area contributed by atoms with Crippen molar-refractivity contribution < 1.29 is 28.7 Å². The van der Waals surface area contributed by atoms with Crippen LogP contribution in [0.3, 0.4) is 0 Å². The molecule has 1 saturated heterocycles. The Bertz CT molecular complexity index is 700. The van der Waals surface area contributed by atoms with Crippen molar-refractivity contribution in [3.8, 4) is 0 Å². The topological polar surface area (TPSA) is 90.0 Å². The van der Waals surface area contributed by atoms with E-state index in [1.54, 1.807) is 31.2 Å². The van der Waals surface area contributed by atoms with E-state index in [0.29, 0.717) is 0 Å². The van der Waals surface area contributed by atoms with Crippen molar-refractivity contribution in [1.29, 1.82) is 0 Å². The molecular weight excluding hydrogens is 350 g/mol. The van der Waals surface area contributed by atoms with Crippen molar-refractivity contribution in [2.24, 2.45) is 11.8 Å². The molecule has 1 aliphatic heterocycles. The summed E-state index contributed by atoms with van der Waals surface area (Å²) in [6.07, 6.45) is -0.585. The molecular formula is C20H25NO6. The molecule has 146 valence electrons. The summed E-state index contributed by atoms with van der Waals surface area (Å²) in [5.74, 6) is -3.40. The number of nitrogens with zero attached hydrogens (tertiary/aromatic N) is 1. The van der Waals surface area contributed by atoms with Crippen molar-refractivity contribution in [2.75, 3.05) is 13.2 Å². The minimum atomic E-state index is -1.21. The second-order valence-corrected chi connectivity index (χ2v) is 7.12. The first-order valence-corrected chi connectivity index (χ1v) is 9.00. The van der Waals surface area contributed by atoms with Crippen LogP contribution in [0, 0.1) is 11.8 Å². The highest BCUT2D eigenvalue weighted by molar-refractivity contribution is 6.38. The van der Waals surface area contributed by atoms with Crippen LogP contribution in [0.25, 0.3) is 0 Å². The first-order chi connectivity index (χ1) is 12.8. The highest BCUT2D eigenvalue weighted by Crippen LogP contribution is 2.21. The van der Waals surface area contributed by atoms with Gasteiger partial charge in [0.2, 0.25) is 0 Å². The van der Waals surface area contributed by atoms with Crippen molar-refractivity contribution >= 4 is 23.6 Å². The average molecular weight is 375 g/mol. The molecule has 27 heavy (non-hydrogen) atoms. The van der Waals surface area contributed by atoms with Gasteiger partial charge < -0.3 is 14.4 Å². The van der Waals surface area contributed by atoms with E-state index >= 15 is 0 Å². The SMILES string of the molecule is CC(C)COC(=O)N1CC(C(=O)C(=O)OCc2ccccc2)C(=O)CC1C. The molecule has 0 bridgehead atoms. The monoisotopic (exact) mass is 375 g/mol. The molecule has 1 amide bonds. The third-order valence-electron chi connectivity index (χ3n) is 4.30. The zero-order chi connectivity index (χ0) is 20.0. The lowest BCUT2D eigenvalue weighted by atomic mass is 9.89. The molecule has 0 spiro atoms. The van der Waals surface area contributed by atoms with Crippen LogP contribution in [-0.4, -0.2) is 47.7 Å². The fourth-order valence-electron chi connectivity index (χ4n) is 2.76. The predicted octanol–water partition coefficient (Wildman–Crippen LogP) is 2.37. The van der Waals surface area contributed by atoms with Gasteiger partial charge in [-0.25, -0.2) is 9.59 Å². The van der Waals surface area contributed by atoms with E-state index in [1.165, 1.54) is 4.90 Å². The Morgan fingerprint density at radius 2 is 1.81 bits per heavy atom. The van der Waals surface area contributed by atoms with Gasteiger partial charge in [0.15, 0.2) is 0 Å². The normalized spacial score (nSPS) is 19.7. The summed E-state index contributed by atoms with van der Waals surface area (Å²) < 4.78 is 10.2. The quantitative estimate of drug-likeness (QED) is 0.431. The number of benzene rings is 1. The van der Waals surface area contributed by atoms with Crippen LogP contribution in [0.2, 0.25) is 0 Å². The van der Waals surface area contributed by atoms with Gasteiger partial charge in [0.1, 0.15) is 18.3 Å². The lowest BCUT2D eigenvalue weighted by molar-refractivity contribution is -0.159. The number of carbonyl (C=O) groups is 4. The summed E-state index contributed by atoms with van der Waals surface area (Å²) in [7, 11) is 0. The number of rotatable bonds is 6. The first kappa shape index (κ1) is 20.6. The van der Waals surface area contributed by atoms with Gasteiger partial charge in [-0.2, -0.15) is 0 Å². The number of ketones is 2. The first-order valence-electron chi connectivity index (χ1n) is 9.00. The standard InChI is InChI=1S/C20H25NO6/c1-13(2)11-27-20(25)21-10-16(17(22)9-14(21)3)18(23)19(24)26-12-15-7-5-4-6-8-15/h4-8,13-14,16H,9-12H2,1-3H3. The number of Topliss-reactive ketones (excluding diaryl/α,β-unsaturated/α-hetero) is 2. The summed E-state index contributed by atoms with van der Waals surface area (Å²) in [5, 5.41) is 0. The van der Waals surface area contributed by atoms with Gasteiger partial charge in [0, 0.05) is 19.0 Å². The zero-order valence-electron chi connectivity index (χ0n) is 15.8. The molecule has 0 aromatic heterocycles. The fourth-order valence-corrected chi connectivity index (χ4v) is 2.76. The lowest BCUT2D eigenvalue weighted by Gasteiger charge is -2.35. The molecule has 1 heterocycles. The maximum absolute atomic E-state index is 12.4. The highest BCUT2D eigenvalue weighted by atomic mass is 16.6. The van der Waals surface area contributed by atoms with Gasteiger partial charge in [-0.05, 0) is 18.4 Å². The van der Waals surface area contributed by atoms with Crippen LogP contribution in [0.4, 0.5) is 4.79 Å². The molecule has 2 atom stereocenters. The Morgan fingerprint density at radius 1 is 1.15 bits per heavy atom. The number of ether oxygens (including phenoxy) is 2. The number of piperidine rings is 1. The molecule has 0 aliphatic carbocycles. The zero-order valence-corrected chi connectivity index (χ0v) is 15.8. The maximum Gasteiger partial charge on any atom is 0.410 e. The van der Waals surface area contributed by atoms with Crippen LogP contribution in [0.1, 0.15) is 32.8 Å². The molecule has 7 heteroatoms. The summed E-state index contributed by atoms with van der Waals surface area (Å²) in [5.41, 5.74) is 0.737. The Kier molecular flexibility index (Phi) is 7.10. The smallest absolute Gasteiger partial charge is 0.410 e. The van der Waals surface area contributed by atoms with E-state index in [0.717, 1.165) is 5.56 Å². The number of hydrogen-bond donors (Lipinski definition) is 0. The van der Waals surface area contributed by atoms with E-state index in [4.69, 9.17) is 9.47 Å². The van der Waals surface area contributed by atoms with E-state index in [-0.39, 0.29) is 43.9 Å². The number of esters is 1. The number of carbonyl (C=O) groups excluding carboxylic acids is 4. The van der Waals surface area contributed by atoms with Gasteiger partial charge in [-0.15, -0.1) is 0 Å². The maximum atomic E-state index is 12.4. The van der Waals surface area contributed by atoms with E-state index in [9.17, 15) is 19.2 Å². The highest BCUT2D eigenvalue weighted by Gasteiger charge is 2.42. The summed E-state index contributed by atoms with van der Waals surface area (Å²) in [6.45, 7) is 5.55. The summed E-state index contributed by atoms with van der Waals surface area (Å²) in [6, 6.07) is 8.54. The molecule has 0 saturated carbocycles. The van der Waals surface area contributed by atoms with Crippen molar-refractivity contribution in [1.82, 2.24) is 4.90 Å². The lowest BCUT2D eigenvalue weighted by Crippen LogP contribution is -2.52. The van der Waals surface area contributed by atoms with Gasteiger partial charge in [-0.1, -0.05) is 44.2 Å². The third-order valence-corrected chi connectivity index (χ3v) is 4.30. The minimum absolute atomic E-state index is 0.000843. The molecule has 1 fully saturated rings. The Morgan fingerprint density at radius 3 is 2.44 bits per heavy atom. The van der Waals surface area contributed by atoms with Crippen molar-refractivity contribution in [3.05, 3.63) is 35.9 Å². The average Bonchev–Trinajstić information content (AvgIpc) is 2.64. The largest absolute Gasteiger partial charge is 0.455 e. The fraction of sp³-hybridized carbons (Fsp3) is 0.500. The van der Waals surface area contributed by atoms with Gasteiger partial charge in [-0.3, -0.25) is 9.59 Å². The molecule has 2 rings (SSSR count). The Balaban J connectivity index is 1.97. The van der Waals surface area contributed by atoms with Crippen molar-refractivity contribution in [3.63, 3.8) is 0 Å². The molecule has 1 aliphatic rings. The Labute approximate surface area is 158 Å². The number of hydrogen-bond acceptors (Lipinski definition) is 6. The van der Waals surface area contributed by atoms with E-state index < -0.39 is 23.8 Å². The van der Waals surface area contributed by atoms with Crippen LogP contribution >= 0.6 is 0 Å². The van der Waals surface area contributed by atoms with Crippen LogP contribution in [-0.2, 0) is 30.5 Å². The molecule has 1 aromatic carbocycles. The minimum Gasteiger partial charge on any atom is -0.455 e. The van der Waals surface area contributed by atoms with Crippen molar-refractivity contribution in [2.45, 2.75) is 39.8 Å². The van der Waals surface area contributed by atoms with Crippen LogP contribution in [0.15, 0.2) is 30.3 Å².